The minimum atomic E-state index is -0.127. The van der Waals surface area contributed by atoms with Crippen LogP contribution >= 0.6 is 0 Å². The van der Waals surface area contributed by atoms with E-state index in [4.69, 9.17) is 18.4 Å². The van der Waals surface area contributed by atoms with Crippen molar-refractivity contribution in [3.05, 3.63) is 89.4 Å². The van der Waals surface area contributed by atoms with Crippen LogP contribution in [0.1, 0.15) is 27.2 Å². The molecule has 0 aliphatic carbocycles. The molecule has 2 aromatic heterocycles. The number of hydrogen-bond acceptors (Lipinski definition) is 7. The zero-order chi connectivity index (χ0) is 24.9. The first-order chi connectivity index (χ1) is 17.6. The maximum absolute atomic E-state index is 13.7. The van der Waals surface area contributed by atoms with Crippen LogP contribution in [0.3, 0.4) is 0 Å². The van der Waals surface area contributed by atoms with Gasteiger partial charge in [-0.2, -0.15) is 0 Å². The van der Waals surface area contributed by atoms with Crippen molar-refractivity contribution in [2.24, 2.45) is 0 Å². The lowest BCUT2D eigenvalue weighted by Crippen LogP contribution is -2.37. The van der Waals surface area contributed by atoms with Crippen molar-refractivity contribution < 1.29 is 23.2 Å². The molecule has 0 saturated carbocycles. The van der Waals surface area contributed by atoms with Gasteiger partial charge in [0.25, 0.3) is 5.91 Å². The summed E-state index contributed by atoms with van der Waals surface area (Å²) in [6.45, 7) is 5.26. The summed E-state index contributed by atoms with van der Waals surface area (Å²) in [6.07, 6.45) is 1.61. The van der Waals surface area contributed by atoms with Crippen molar-refractivity contribution in [1.29, 1.82) is 0 Å². The molecule has 8 heteroatoms. The molecule has 3 heterocycles. The molecule has 0 radical (unpaired) electrons. The number of benzene rings is 2. The van der Waals surface area contributed by atoms with Gasteiger partial charge in [0.1, 0.15) is 17.2 Å². The van der Waals surface area contributed by atoms with E-state index in [9.17, 15) is 4.79 Å². The minimum Gasteiger partial charge on any atom is -0.497 e. The normalized spacial score (nSPS) is 13.6. The average molecular weight is 488 g/mol. The molecule has 8 nitrogen and oxygen atoms in total. The summed E-state index contributed by atoms with van der Waals surface area (Å²) in [5, 5.41) is 4.47. The Labute approximate surface area is 210 Å². The number of aryl methyl sites for hydroxylation is 1. The van der Waals surface area contributed by atoms with Crippen molar-refractivity contribution >= 4 is 11.8 Å². The second kappa shape index (κ2) is 10.7. The molecule has 0 N–H and O–H groups in total. The summed E-state index contributed by atoms with van der Waals surface area (Å²) in [6, 6.07) is 18.9. The Morgan fingerprint density at radius 3 is 2.56 bits per heavy atom. The summed E-state index contributed by atoms with van der Waals surface area (Å²) in [7, 11) is 1.60. The number of carbonyl (C=O) groups excluding carboxylic acids is 1. The van der Waals surface area contributed by atoms with Crippen LogP contribution in [-0.4, -0.2) is 49.4 Å². The second-order valence-electron chi connectivity index (χ2n) is 8.75. The average Bonchev–Trinajstić information content (AvgIpc) is 3.59. The number of methoxy groups -OCH3 is 1. The van der Waals surface area contributed by atoms with Crippen molar-refractivity contribution in [2.75, 3.05) is 38.3 Å². The molecule has 2 aromatic carbocycles. The quantitative estimate of drug-likeness (QED) is 0.349. The highest BCUT2D eigenvalue weighted by Gasteiger charge is 2.28. The van der Waals surface area contributed by atoms with E-state index >= 15 is 0 Å². The summed E-state index contributed by atoms with van der Waals surface area (Å²) >= 11 is 0. The van der Waals surface area contributed by atoms with Crippen LogP contribution in [-0.2, 0) is 17.8 Å². The summed E-state index contributed by atoms with van der Waals surface area (Å²) < 4.78 is 22.3. The van der Waals surface area contributed by atoms with Gasteiger partial charge < -0.3 is 28.2 Å². The van der Waals surface area contributed by atoms with E-state index in [0.717, 1.165) is 22.4 Å². The Hall–Kier alpha value is -4.04. The Morgan fingerprint density at radius 2 is 1.86 bits per heavy atom. The highest BCUT2D eigenvalue weighted by Crippen LogP contribution is 2.34. The van der Waals surface area contributed by atoms with Gasteiger partial charge in [-0.3, -0.25) is 4.79 Å². The van der Waals surface area contributed by atoms with Crippen molar-refractivity contribution in [3.63, 3.8) is 0 Å². The fourth-order valence-electron chi connectivity index (χ4n) is 4.37. The van der Waals surface area contributed by atoms with Gasteiger partial charge >= 0.3 is 0 Å². The van der Waals surface area contributed by atoms with Crippen LogP contribution in [0.5, 0.6) is 5.75 Å². The van der Waals surface area contributed by atoms with Crippen LogP contribution in [0.4, 0.5) is 5.88 Å². The molecule has 0 bridgehead atoms. The largest absolute Gasteiger partial charge is 0.497 e. The van der Waals surface area contributed by atoms with Gasteiger partial charge in [0.05, 0.1) is 45.2 Å². The molecule has 0 unspecified atom stereocenters. The molecule has 36 heavy (non-hydrogen) atoms. The Bertz CT molecular complexity index is 1290. The first-order valence-corrected chi connectivity index (χ1v) is 12.0. The third-order valence-corrected chi connectivity index (χ3v) is 6.26. The molecule has 4 aromatic rings. The van der Waals surface area contributed by atoms with E-state index in [1.54, 1.807) is 42.5 Å². The number of furan rings is 1. The number of aromatic nitrogens is 1. The SMILES string of the molecule is COc1ccc(C(=O)N(Cc2ccco2)Cc2c(-c3cccc(C)c3)noc2N2CCOCC2)cc1. The van der Waals surface area contributed by atoms with Gasteiger partial charge in [-0.25, -0.2) is 0 Å². The lowest BCUT2D eigenvalue weighted by molar-refractivity contribution is 0.0717. The zero-order valence-corrected chi connectivity index (χ0v) is 20.5. The van der Waals surface area contributed by atoms with Gasteiger partial charge in [0, 0.05) is 24.2 Å². The Kier molecular flexibility index (Phi) is 7.04. The maximum atomic E-state index is 13.7. The molecule has 1 saturated heterocycles. The van der Waals surface area contributed by atoms with Crippen LogP contribution < -0.4 is 9.64 Å². The molecule has 0 atom stereocenters. The van der Waals surface area contributed by atoms with Crippen LogP contribution in [0, 0.1) is 6.92 Å². The number of carbonyl (C=O) groups is 1. The van der Waals surface area contributed by atoms with Crippen LogP contribution in [0.25, 0.3) is 11.3 Å². The fraction of sp³-hybridized carbons (Fsp3) is 0.286. The third-order valence-electron chi connectivity index (χ3n) is 6.26. The highest BCUT2D eigenvalue weighted by molar-refractivity contribution is 5.94. The van der Waals surface area contributed by atoms with Crippen LogP contribution in [0.15, 0.2) is 75.9 Å². The lowest BCUT2D eigenvalue weighted by Gasteiger charge is -2.28. The highest BCUT2D eigenvalue weighted by atomic mass is 16.5. The number of nitrogens with zero attached hydrogens (tertiary/aromatic N) is 3. The third kappa shape index (κ3) is 5.13. The number of morpholine rings is 1. The van der Waals surface area contributed by atoms with Gasteiger partial charge in [-0.1, -0.05) is 28.9 Å². The van der Waals surface area contributed by atoms with Crippen molar-refractivity contribution in [1.82, 2.24) is 10.1 Å². The fourth-order valence-corrected chi connectivity index (χ4v) is 4.37. The Balaban J connectivity index is 1.54. The first kappa shape index (κ1) is 23.7. The number of amides is 1. The summed E-state index contributed by atoms with van der Waals surface area (Å²) in [5.41, 5.74) is 4.21. The standard InChI is InChI=1S/C28H29N3O5/c1-20-5-3-6-22(17-20)26-25(28(36-29-26)30-12-15-34-16-13-30)19-31(18-24-7-4-14-35-24)27(32)21-8-10-23(33-2)11-9-21/h3-11,14,17H,12-13,15-16,18-19H2,1-2H3. The zero-order valence-electron chi connectivity index (χ0n) is 20.5. The topological polar surface area (TPSA) is 81.2 Å². The van der Waals surface area contributed by atoms with Gasteiger partial charge in [-0.15, -0.1) is 0 Å². The van der Waals surface area contributed by atoms with E-state index in [2.05, 4.69) is 16.1 Å². The van der Waals surface area contributed by atoms with Gasteiger partial charge in [-0.05, 0) is 49.4 Å². The number of rotatable bonds is 8. The van der Waals surface area contributed by atoms with E-state index < -0.39 is 0 Å². The molecule has 186 valence electrons. The van der Waals surface area contributed by atoms with E-state index in [0.29, 0.717) is 62.4 Å². The number of anilines is 1. The second-order valence-corrected chi connectivity index (χ2v) is 8.75. The maximum Gasteiger partial charge on any atom is 0.254 e. The lowest BCUT2D eigenvalue weighted by atomic mass is 10.0. The predicted octanol–water partition coefficient (Wildman–Crippen LogP) is 4.93. The monoisotopic (exact) mass is 487 g/mol. The number of ether oxygens (including phenoxy) is 2. The van der Waals surface area contributed by atoms with Crippen LogP contribution in [0.2, 0.25) is 0 Å². The van der Waals surface area contributed by atoms with Gasteiger partial charge in [0.2, 0.25) is 5.88 Å². The summed E-state index contributed by atoms with van der Waals surface area (Å²) in [4.78, 5) is 17.6. The Morgan fingerprint density at radius 1 is 1.06 bits per heavy atom. The molecular weight excluding hydrogens is 458 g/mol. The first-order valence-electron chi connectivity index (χ1n) is 12.0. The molecular formula is C28H29N3O5. The molecule has 1 aliphatic rings. The van der Waals surface area contributed by atoms with Gasteiger partial charge in [0.15, 0.2) is 0 Å². The molecule has 5 rings (SSSR count). The molecule has 1 amide bonds. The number of hydrogen-bond donors (Lipinski definition) is 0. The van der Waals surface area contributed by atoms with E-state index in [1.165, 1.54) is 0 Å². The van der Waals surface area contributed by atoms with E-state index in [-0.39, 0.29) is 5.91 Å². The van der Waals surface area contributed by atoms with E-state index in [1.807, 2.05) is 37.3 Å². The molecule has 1 fully saturated rings. The van der Waals surface area contributed by atoms with Crippen molar-refractivity contribution in [3.8, 4) is 17.0 Å². The molecule has 1 aliphatic heterocycles. The predicted molar refractivity (Wildman–Crippen MR) is 135 cm³/mol. The smallest absolute Gasteiger partial charge is 0.254 e. The summed E-state index contributed by atoms with van der Waals surface area (Å²) in [5.74, 6) is 1.93. The minimum absolute atomic E-state index is 0.127. The van der Waals surface area contributed by atoms with Crippen molar-refractivity contribution in [2.45, 2.75) is 20.0 Å². The molecule has 0 spiro atoms.